The highest BCUT2D eigenvalue weighted by atomic mass is 14.3. The summed E-state index contributed by atoms with van der Waals surface area (Å²) in [5.41, 5.74) is 9.84. The van der Waals surface area contributed by atoms with E-state index < -0.39 is 0 Å². The van der Waals surface area contributed by atoms with Crippen molar-refractivity contribution >= 4 is 129 Å². The molecule has 0 amide bonds. The molecule has 0 radical (unpaired) electrons. The van der Waals surface area contributed by atoms with Crippen molar-refractivity contribution in [3.63, 3.8) is 0 Å². The molecule has 0 saturated carbocycles. The Morgan fingerprint density at radius 2 is 0.355 bits per heavy atom. The van der Waals surface area contributed by atoms with Gasteiger partial charge in [-0.05, 0) is 222 Å². The minimum Gasteiger partial charge on any atom is -0.0616 e. The predicted octanol–water partition coefficient (Wildman–Crippen LogP) is 21.6. The van der Waals surface area contributed by atoms with E-state index in [2.05, 4.69) is 267 Å². The molecule has 17 rings (SSSR count). The minimum atomic E-state index is 1.22. The van der Waals surface area contributed by atoms with Crippen LogP contribution in [0.1, 0.15) is 0 Å². The molecular weight excluding hydrogens is 913 g/mol. The first-order chi connectivity index (χ1) is 37.7. The molecule has 0 heteroatoms. The van der Waals surface area contributed by atoms with Crippen LogP contribution in [0.3, 0.4) is 0 Å². The highest BCUT2D eigenvalue weighted by Crippen LogP contribution is 2.50. The SMILES string of the molecule is c1ccc2c(c1)ccc1cccc(-c3cc4cc(-c5cccc6ccc7ccccc7c56)cc5c6cc(-c7cccc8ccc9ccccc9c78)cc7cc(-c8cccc9ccc%10ccccc%10c89)cc(c(c3)c45)c76)c12. The van der Waals surface area contributed by atoms with Gasteiger partial charge in [-0.2, -0.15) is 0 Å². The van der Waals surface area contributed by atoms with Crippen molar-refractivity contribution in [3.8, 4) is 44.5 Å². The van der Waals surface area contributed by atoms with E-state index in [1.54, 1.807) is 0 Å². The van der Waals surface area contributed by atoms with Crippen LogP contribution in [-0.2, 0) is 0 Å². The van der Waals surface area contributed by atoms with Crippen LogP contribution in [0.25, 0.3) is 174 Å². The van der Waals surface area contributed by atoms with Gasteiger partial charge in [0.05, 0.1) is 0 Å². The van der Waals surface area contributed by atoms with E-state index >= 15 is 0 Å². The van der Waals surface area contributed by atoms with Gasteiger partial charge in [0, 0.05) is 0 Å². The fourth-order valence-electron chi connectivity index (χ4n) is 13.7. The van der Waals surface area contributed by atoms with Gasteiger partial charge in [-0.25, -0.2) is 0 Å². The van der Waals surface area contributed by atoms with Gasteiger partial charge in [0.2, 0.25) is 0 Å². The van der Waals surface area contributed by atoms with Crippen LogP contribution in [0.2, 0.25) is 0 Å². The van der Waals surface area contributed by atoms with Crippen molar-refractivity contribution in [2.45, 2.75) is 0 Å². The zero-order valence-corrected chi connectivity index (χ0v) is 41.4. The summed E-state index contributed by atoms with van der Waals surface area (Å²) in [5, 5.41) is 30.3. The van der Waals surface area contributed by atoms with Gasteiger partial charge in [0.1, 0.15) is 0 Å². The fourth-order valence-corrected chi connectivity index (χ4v) is 13.7. The topological polar surface area (TPSA) is 0 Å². The summed E-state index contributed by atoms with van der Waals surface area (Å²) in [6.07, 6.45) is 0. The maximum absolute atomic E-state index is 2.53. The standard InChI is InChI=1S/C76H44/c1-5-21-59-45(13-1)29-33-49-17-9-25-63(71(49)59)53-37-57-38-54(64-26-10-18-50-34-30-46-14-2-6-22-60(46)72(50)64)43-69-70-44-56(66-28-12-20-52-36-32-48-16-4-8-24-62(48)74(52)66)40-58-39-55(42-68(76(58)70)67(41-53)75(57)69)65-27-11-19-51-35-31-47-15-3-7-23-61(47)73(51)65/h1-44H. The molecule has 0 bridgehead atoms. The van der Waals surface area contributed by atoms with Crippen molar-refractivity contribution < 1.29 is 0 Å². The lowest BCUT2D eigenvalue weighted by Crippen LogP contribution is -1.94. The van der Waals surface area contributed by atoms with Crippen LogP contribution in [0.15, 0.2) is 267 Å². The molecule has 0 aliphatic rings. The van der Waals surface area contributed by atoms with E-state index in [0.717, 1.165) is 0 Å². The number of rotatable bonds is 4. The second kappa shape index (κ2) is 15.8. The van der Waals surface area contributed by atoms with Crippen molar-refractivity contribution in [2.75, 3.05) is 0 Å². The largest absolute Gasteiger partial charge is 0.0616 e. The van der Waals surface area contributed by atoms with Crippen molar-refractivity contribution in [1.29, 1.82) is 0 Å². The molecule has 17 aromatic rings. The summed E-state index contributed by atoms with van der Waals surface area (Å²) in [7, 11) is 0. The van der Waals surface area contributed by atoms with Gasteiger partial charge in [-0.3, -0.25) is 0 Å². The smallest absolute Gasteiger partial charge is 0.00255 e. The van der Waals surface area contributed by atoms with Crippen LogP contribution in [0, 0.1) is 0 Å². The molecule has 0 fully saturated rings. The summed E-state index contributed by atoms with van der Waals surface area (Å²) in [6.45, 7) is 0. The maximum Gasteiger partial charge on any atom is -0.00255 e. The number of hydrogen-bond donors (Lipinski definition) is 0. The van der Waals surface area contributed by atoms with E-state index in [0.29, 0.717) is 0 Å². The molecule has 0 spiro atoms. The van der Waals surface area contributed by atoms with Crippen molar-refractivity contribution in [2.24, 2.45) is 0 Å². The van der Waals surface area contributed by atoms with E-state index in [1.807, 2.05) is 0 Å². The molecule has 0 unspecified atom stereocenters. The van der Waals surface area contributed by atoms with Crippen molar-refractivity contribution in [3.05, 3.63) is 267 Å². The minimum absolute atomic E-state index is 1.22. The zero-order chi connectivity index (χ0) is 49.6. The number of fused-ring (bicyclic) bond motifs is 14. The van der Waals surface area contributed by atoms with Crippen LogP contribution >= 0.6 is 0 Å². The van der Waals surface area contributed by atoms with Gasteiger partial charge in [0.15, 0.2) is 0 Å². The summed E-state index contributed by atoms with van der Waals surface area (Å²) < 4.78 is 0. The van der Waals surface area contributed by atoms with Crippen LogP contribution in [-0.4, -0.2) is 0 Å². The molecule has 0 heterocycles. The first-order valence-corrected chi connectivity index (χ1v) is 26.5. The molecule has 0 atom stereocenters. The Kier molecular flexibility index (Phi) is 8.65. The predicted molar refractivity (Wildman–Crippen MR) is 329 cm³/mol. The van der Waals surface area contributed by atoms with Crippen LogP contribution < -0.4 is 0 Å². The summed E-state index contributed by atoms with van der Waals surface area (Å²) >= 11 is 0. The number of hydrogen-bond acceptors (Lipinski definition) is 0. The van der Waals surface area contributed by atoms with E-state index in [-0.39, 0.29) is 0 Å². The Hall–Kier alpha value is -9.88. The average molecular weight is 957 g/mol. The van der Waals surface area contributed by atoms with Gasteiger partial charge >= 0.3 is 0 Å². The van der Waals surface area contributed by atoms with Gasteiger partial charge < -0.3 is 0 Å². The first kappa shape index (κ1) is 41.6. The molecule has 348 valence electrons. The molecule has 76 heavy (non-hydrogen) atoms. The second-order valence-corrected chi connectivity index (χ2v) is 21.1. The maximum atomic E-state index is 2.53. The Morgan fingerprint density at radius 1 is 0.132 bits per heavy atom. The third-order valence-electron chi connectivity index (χ3n) is 17.0. The Balaban J connectivity index is 1.07. The molecule has 0 aliphatic heterocycles. The number of benzene rings is 17. The first-order valence-electron chi connectivity index (χ1n) is 26.5. The highest BCUT2D eigenvalue weighted by Gasteiger charge is 2.22. The van der Waals surface area contributed by atoms with Gasteiger partial charge in [-0.1, -0.05) is 218 Å². The van der Waals surface area contributed by atoms with E-state index in [9.17, 15) is 0 Å². The Bertz CT molecular complexity index is 4680. The second-order valence-electron chi connectivity index (χ2n) is 21.1. The normalized spacial score (nSPS) is 12.2. The van der Waals surface area contributed by atoms with Crippen LogP contribution in [0.4, 0.5) is 0 Å². The highest BCUT2D eigenvalue weighted by molar-refractivity contribution is 6.36. The summed E-state index contributed by atoms with van der Waals surface area (Å²) in [6, 6.07) is 101. The lowest BCUT2D eigenvalue weighted by molar-refractivity contribution is 1.68. The van der Waals surface area contributed by atoms with Gasteiger partial charge in [0.25, 0.3) is 0 Å². The van der Waals surface area contributed by atoms with Gasteiger partial charge in [-0.15, -0.1) is 0 Å². The molecule has 0 nitrogen and oxygen atoms in total. The quantitative estimate of drug-likeness (QED) is 0.122. The third-order valence-corrected chi connectivity index (χ3v) is 17.0. The zero-order valence-electron chi connectivity index (χ0n) is 41.4. The Morgan fingerprint density at radius 3 is 0.618 bits per heavy atom. The monoisotopic (exact) mass is 956 g/mol. The lowest BCUT2D eigenvalue weighted by atomic mass is 9.82. The average Bonchev–Trinajstić information content (AvgIpc) is 3.50. The molecular formula is C76H44. The molecule has 0 saturated heterocycles. The summed E-state index contributed by atoms with van der Waals surface area (Å²) in [4.78, 5) is 0. The molecule has 0 aliphatic carbocycles. The Labute approximate surface area is 438 Å². The fraction of sp³-hybridized carbons (Fsp3) is 0. The van der Waals surface area contributed by atoms with Crippen LogP contribution in [0.5, 0.6) is 0 Å². The molecule has 0 aromatic heterocycles. The molecule has 17 aromatic carbocycles. The van der Waals surface area contributed by atoms with Crippen molar-refractivity contribution in [1.82, 2.24) is 0 Å². The van der Waals surface area contributed by atoms with E-state index in [4.69, 9.17) is 0 Å². The van der Waals surface area contributed by atoms with E-state index in [1.165, 1.54) is 174 Å². The third kappa shape index (κ3) is 6.01. The lowest BCUT2D eigenvalue weighted by Gasteiger charge is -2.21. The summed E-state index contributed by atoms with van der Waals surface area (Å²) in [5.74, 6) is 0. The molecule has 0 N–H and O–H groups in total.